The molecule has 68 valence electrons. The van der Waals surface area contributed by atoms with Crippen LogP contribution in [0, 0.1) is 0 Å². The molecule has 0 aromatic carbocycles. The summed E-state index contributed by atoms with van der Waals surface area (Å²) in [4.78, 5) is 0. The molecule has 3 heterocycles. The van der Waals surface area contributed by atoms with Crippen LogP contribution in [0.15, 0.2) is 0 Å². The van der Waals surface area contributed by atoms with Crippen molar-refractivity contribution in [1.82, 2.24) is 5.32 Å². The van der Waals surface area contributed by atoms with Gasteiger partial charge in [0, 0.05) is 18.7 Å². The molecule has 3 saturated heterocycles. The molecule has 2 unspecified atom stereocenters. The van der Waals surface area contributed by atoms with E-state index in [1.165, 1.54) is 38.5 Å². The van der Waals surface area contributed by atoms with E-state index in [-0.39, 0.29) is 0 Å². The van der Waals surface area contributed by atoms with Gasteiger partial charge in [-0.05, 0) is 38.5 Å². The molecular weight excluding hydrogens is 150 g/mol. The summed E-state index contributed by atoms with van der Waals surface area (Å²) < 4.78 is 5.92. The second kappa shape index (κ2) is 2.46. The van der Waals surface area contributed by atoms with Gasteiger partial charge in [-0.15, -0.1) is 0 Å². The van der Waals surface area contributed by atoms with Gasteiger partial charge in [0.1, 0.15) is 0 Å². The molecule has 2 atom stereocenters. The van der Waals surface area contributed by atoms with E-state index in [0.29, 0.717) is 5.60 Å². The molecule has 3 aliphatic rings. The molecule has 3 aliphatic heterocycles. The molecule has 3 fully saturated rings. The maximum Gasteiger partial charge on any atom is 0.0713 e. The van der Waals surface area contributed by atoms with Gasteiger partial charge in [0.25, 0.3) is 0 Å². The van der Waals surface area contributed by atoms with Crippen LogP contribution in [-0.2, 0) is 4.74 Å². The third-order valence-electron chi connectivity index (χ3n) is 3.76. The number of nitrogens with one attached hydrogen (secondary N) is 1. The van der Waals surface area contributed by atoms with Gasteiger partial charge in [-0.2, -0.15) is 0 Å². The molecule has 2 bridgehead atoms. The highest BCUT2D eigenvalue weighted by Crippen LogP contribution is 2.42. The number of fused-ring (bicyclic) bond motifs is 2. The highest BCUT2D eigenvalue weighted by atomic mass is 16.5. The van der Waals surface area contributed by atoms with Crippen LogP contribution in [0.5, 0.6) is 0 Å². The smallest absolute Gasteiger partial charge is 0.0713 e. The third kappa shape index (κ3) is 1.01. The molecule has 0 saturated carbocycles. The van der Waals surface area contributed by atoms with Crippen LogP contribution in [0.25, 0.3) is 0 Å². The van der Waals surface area contributed by atoms with Gasteiger partial charge < -0.3 is 10.1 Å². The van der Waals surface area contributed by atoms with Crippen molar-refractivity contribution in [2.75, 3.05) is 6.61 Å². The van der Waals surface area contributed by atoms with Crippen LogP contribution in [0.3, 0.4) is 0 Å². The Kier molecular flexibility index (Phi) is 1.50. The van der Waals surface area contributed by atoms with Gasteiger partial charge in [0.15, 0.2) is 0 Å². The molecule has 0 aliphatic carbocycles. The Morgan fingerprint density at radius 3 is 2.50 bits per heavy atom. The lowest BCUT2D eigenvalue weighted by molar-refractivity contribution is -0.0326. The Morgan fingerprint density at radius 2 is 1.92 bits per heavy atom. The predicted octanol–water partition coefficient (Wildman–Crippen LogP) is 1.45. The zero-order valence-electron chi connectivity index (χ0n) is 7.51. The standard InChI is InChI=1S/C10H17NO/c1-4-10(12-5-1)6-8-2-3-9(7-10)11-8/h8-9,11H,1-7H2. The topological polar surface area (TPSA) is 21.3 Å². The van der Waals surface area contributed by atoms with E-state index >= 15 is 0 Å². The number of rotatable bonds is 0. The lowest BCUT2D eigenvalue weighted by atomic mass is 9.85. The lowest BCUT2D eigenvalue weighted by Gasteiger charge is -2.37. The van der Waals surface area contributed by atoms with Gasteiger partial charge in [0.05, 0.1) is 5.60 Å². The number of hydrogen-bond acceptors (Lipinski definition) is 2. The number of ether oxygens (including phenoxy) is 1. The zero-order chi connectivity index (χ0) is 8.02. The highest BCUT2D eigenvalue weighted by molar-refractivity contribution is 5.02. The zero-order valence-corrected chi connectivity index (χ0v) is 7.51. The summed E-state index contributed by atoms with van der Waals surface area (Å²) in [5.41, 5.74) is 0.317. The monoisotopic (exact) mass is 167 g/mol. The Hall–Kier alpha value is -0.0800. The van der Waals surface area contributed by atoms with E-state index in [9.17, 15) is 0 Å². The first-order valence-electron chi connectivity index (χ1n) is 5.26. The SMILES string of the molecule is C1COC2(C1)CC1CCC(C2)N1. The Balaban J connectivity index is 1.80. The van der Waals surface area contributed by atoms with Crippen LogP contribution >= 0.6 is 0 Å². The number of piperidine rings is 1. The summed E-state index contributed by atoms with van der Waals surface area (Å²) in [6, 6.07) is 1.56. The number of hydrogen-bond donors (Lipinski definition) is 1. The predicted molar refractivity (Wildman–Crippen MR) is 47.1 cm³/mol. The Bertz CT molecular complexity index is 172. The minimum absolute atomic E-state index is 0.317. The van der Waals surface area contributed by atoms with E-state index in [4.69, 9.17) is 4.74 Å². The second-order valence-corrected chi connectivity index (χ2v) is 4.68. The van der Waals surface area contributed by atoms with Gasteiger partial charge in [-0.25, -0.2) is 0 Å². The first-order valence-corrected chi connectivity index (χ1v) is 5.26. The van der Waals surface area contributed by atoms with Gasteiger partial charge in [-0.1, -0.05) is 0 Å². The average Bonchev–Trinajstić information content (AvgIpc) is 2.60. The van der Waals surface area contributed by atoms with Crippen molar-refractivity contribution in [2.24, 2.45) is 0 Å². The maximum absolute atomic E-state index is 5.92. The fourth-order valence-electron chi connectivity index (χ4n) is 3.28. The fourth-order valence-corrected chi connectivity index (χ4v) is 3.28. The first-order chi connectivity index (χ1) is 5.86. The van der Waals surface area contributed by atoms with Crippen molar-refractivity contribution in [2.45, 2.75) is 56.2 Å². The summed E-state index contributed by atoms with van der Waals surface area (Å²) in [7, 11) is 0. The van der Waals surface area contributed by atoms with Gasteiger partial charge in [-0.3, -0.25) is 0 Å². The molecule has 12 heavy (non-hydrogen) atoms. The van der Waals surface area contributed by atoms with Crippen molar-refractivity contribution in [1.29, 1.82) is 0 Å². The van der Waals surface area contributed by atoms with Crippen molar-refractivity contribution in [3.05, 3.63) is 0 Å². The van der Waals surface area contributed by atoms with Crippen molar-refractivity contribution in [3.8, 4) is 0 Å². The maximum atomic E-state index is 5.92. The third-order valence-corrected chi connectivity index (χ3v) is 3.76. The first kappa shape index (κ1) is 7.34. The van der Waals surface area contributed by atoms with E-state index in [0.717, 1.165) is 18.7 Å². The van der Waals surface area contributed by atoms with Gasteiger partial charge >= 0.3 is 0 Å². The normalized spacial score (nSPS) is 52.0. The largest absolute Gasteiger partial charge is 0.375 e. The Morgan fingerprint density at radius 1 is 1.17 bits per heavy atom. The van der Waals surface area contributed by atoms with Crippen molar-refractivity contribution in [3.63, 3.8) is 0 Å². The quantitative estimate of drug-likeness (QED) is 0.589. The van der Waals surface area contributed by atoms with Crippen LogP contribution in [0.2, 0.25) is 0 Å². The Labute approximate surface area is 73.7 Å². The molecule has 1 spiro atoms. The molecule has 0 radical (unpaired) electrons. The summed E-state index contributed by atoms with van der Waals surface area (Å²) in [6.07, 6.45) is 7.94. The minimum Gasteiger partial charge on any atom is -0.375 e. The molecule has 0 aromatic rings. The molecule has 2 heteroatoms. The molecule has 2 nitrogen and oxygen atoms in total. The van der Waals surface area contributed by atoms with E-state index in [2.05, 4.69) is 5.32 Å². The van der Waals surface area contributed by atoms with Crippen LogP contribution in [0.4, 0.5) is 0 Å². The average molecular weight is 167 g/mol. The summed E-state index contributed by atoms with van der Waals surface area (Å²) in [6.45, 7) is 1.01. The van der Waals surface area contributed by atoms with E-state index < -0.39 is 0 Å². The van der Waals surface area contributed by atoms with E-state index in [1.54, 1.807) is 0 Å². The van der Waals surface area contributed by atoms with Crippen molar-refractivity contribution >= 4 is 0 Å². The van der Waals surface area contributed by atoms with E-state index in [1.807, 2.05) is 0 Å². The van der Waals surface area contributed by atoms with Crippen LogP contribution < -0.4 is 5.32 Å². The van der Waals surface area contributed by atoms with Crippen molar-refractivity contribution < 1.29 is 4.74 Å². The van der Waals surface area contributed by atoms with Gasteiger partial charge in [0.2, 0.25) is 0 Å². The molecule has 1 N–H and O–H groups in total. The molecule has 3 rings (SSSR count). The molecule has 0 amide bonds. The van der Waals surface area contributed by atoms with Crippen LogP contribution in [-0.4, -0.2) is 24.3 Å². The van der Waals surface area contributed by atoms with Crippen LogP contribution in [0.1, 0.15) is 38.5 Å². The summed E-state index contributed by atoms with van der Waals surface area (Å²) in [5.74, 6) is 0. The molecular formula is C10H17NO. The lowest BCUT2D eigenvalue weighted by Crippen LogP contribution is -2.48. The summed E-state index contributed by atoms with van der Waals surface area (Å²) in [5, 5.41) is 3.66. The highest BCUT2D eigenvalue weighted by Gasteiger charge is 2.45. The minimum atomic E-state index is 0.317. The second-order valence-electron chi connectivity index (χ2n) is 4.68. The summed E-state index contributed by atoms with van der Waals surface area (Å²) >= 11 is 0. The molecule has 0 aromatic heterocycles. The fraction of sp³-hybridized carbons (Fsp3) is 1.00.